The fourth-order valence-electron chi connectivity index (χ4n) is 2.56. The SMILES string of the molecule is CSCCCCCCNCC1(O)CCCCC1. The minimum atomic E-state index is -0.392. The maximum atomic E-state index is 10.3. The molecule has 17 heavy (non-hydrogen) atoms. The molecule has 0 aliphatic heterocycles. The lowest BCUT2D eigenvalue weighted by molar-refractivity contribution is 0.00504. The molecule has 102 valence electrons. The van der Waals surface area contributed by atoms with Crippen molar-refractivity contribution in [3.63, 3.8) is 0 Å². The number of aliphatic hydroxyl groups is 1. The Morgan fingerprint density at radius 2 is 1.76 bits per heavy atom. The third kappa shape index (κ3) is 7.32. The quantitative estimate of drug-likeness (QED) is 0.624. The standard InChI is InChI=1S/C14H29NOS/c1-17-12-8-3-2-7-11-15-13-14(16)9-5-4-6-10-14/h15-16H,2-13H2,1H3. The van der Waals surface area contributed by atoms with Crippen LogP contribution in [0.4, 0.5) is 0 Å². The highest BCUT2D eigenvalue weighted by molar-refractivity contribution is 7.98. The first-order chi connectivity index (χ1) is 8.27. The van der Waals surface area contributed by atoms with Gasteiger partial charge in [-0.3, -0.25) is 0 Å². The van der Waals surface area contributed by atoms with Gasteiger partial charge in [0.15, 0.2) is 0 Å². The summed E-state index contributed by atoms with van der Waals surface area (Å²) in [5.74, 6) is 1.30. The van der Waals surface area contributed by atoms with E-state index in [9.17, 15) is 5.11 Å². The number of hydrogen-bond donors (Lipinski definition) is 2. The van der Waals surface area contributed by atoms with Crippen LogP contribution in [0.1, 0.15) is 57.8 Å². The summed E-state index contributed by atoms with van der Waals surface area (Å²) >= 11 is 1.94. The van der Waals surface area contributed by atoms with E-state index >= 15 is 0 Å². The van der Waals surface area contributed by atoms with E-state index in [0.717, 1.165) is 25.9 Å². The van der Waals surface area contributed by atoms with Crippen LogP contribution in [0.2, 0.25) is 0 Å². The van der Waals surface area contributed by atoms with Crippen molar-refractivity contribution < 1.29 is 5.11 Å². The molecule has 3 heteroatoms. The summed E-state index contributed by atoms with van der Waals surface area (Å²) in [6, 6.07) is 0. The minimum absolute atomic E-state index is 0.392. The molecule has 1 aliphatic rings. The highest BCUT2D eigenvalue weighted by Crippen LogP contribution is 2.27. The molecule has 0 aromatic rings. The lowest BCUT2D eigenvalue weighted by Gasteiger charge is -2.32. The molecule has 0 aromatic heterocycles. The zero-order chi connectivity index (χ0) is 12.4. The molecule has 0 spiro atoms. The molecular weight excluding hydrogens is 230 g/mol. The van der Waals surface area contributed by atoms with Crippen molar-refractivity contribution in [3.05, 3.63) is 0 Å². The van der Waals surface area contributed by atoms with E-state index in [1.165, 1.54) is 50.7 Å². The predicted octanol–water partition coefficient (Wildman–Crippen LogP) is 3.19. The zero-order valence-corrected chi connectivity index (χ0v) is 12.2. The Labute approximate surface area is 111 Å². The molecule has 0 bridgehead atoms. The maximum Gasteiger partial charge on any atom is 0.0771 e. The van der Waals surface area contributed by atoms with Gasteiger partial charge in [0.1, 0.15) is 0 Å². The number of unbranched alkanes of at least 4 members (excludes halogenated alkanes) is 3. The lowest BCUT2D eigenvalue weighted by Crippen LogP contribution is -2.42. The fraction of sp³-hybridized carbons (Fsp3) is 1.00. The Balaban J connectivity index is 1.89. The van der Waals surface area contributed by atoms with Gasteiger partial charge >= 0.3 is 0 Å². The van der Waals surface area contributed by atoms with Crippen molar-refractivity contribution in [1.82, 2.24) is 5.32 Å². The van der Waals surface area contributed by atoms with Gasteiger partial charge < -0.3 is 10.4 Å². The Morgan fingerprint density at radius 1 is 1.06 bits per heavy atom. The number of thioether (sulfide) groups is 1. The van der Waals surface area contributed by atoms with E-state index < -0.39 is 5.60 Å². The Morgan fingerprint density at radius 3 is 2.47 bits per heavy atom. The van der Waals surface area contributed by atoms with E-state index in [1.807, 2.05) is 11.8 Å². The van der Waals surface area contributed by atoms with E-state index in [2.05, 4.69) is 11.6 Å². The van der Waals surface area contributed by atoms with Gasteiger partial charge in [0.2, 0.25) is 0 Å². The van der Waals surface area contributed by atoms with Gasteiger partial charge in [-0.05, 0) is 44.2 Å². The van der Waals surface area contributed by atoms with Gasteiger partial charge in [-0.25, -0.2) is 0 Å². The van der Waals surface area contributed by atoms with Crippen molar-refractivity contribution in [3.8, 4) is 0 Å². The Hall–Kier alpha value is 0.270. The normalized spacial score (nSPS) is 19.4. The largest absolute Gasteiger partial charge is 0.389 e. The van der Waals surface area contributed by atoms with Crippen LogP contribution in [-0.4, -0.2) is 35.8 Å². The summed E-state index contributed by atoms with van der Waals surface area (Å²) in [6.45, 7) is 1.87. The van der Waals surface area contributed by atoms with Gasteiger partial charge in [-0.15, -0.1) is 0 Å². The second-order valence-electron chi connectivity index (χ2n) is 5.37. The average Bonchev–Trinajstić information content (AvgIpc) is 2.33. The number of rotatable bonds is 9. The molecule has 0 radical (unpaired) electrons. The Bertz CT molecular complexity index is 181. The molecule has 0 aromatic carbocycles. The zero-order valence-electron chi connectivity index (χ0n) is 11.3. The smallest absolute Gasteiger partial charge is 0.0771 e. The predicted molar refractivity (Wildman–Crippen MR) is 77.8 cm³/mol. The van der Waals surface area contributed by atoms with Gasteiger partial charge in [0.25, 0.3) is 0 Å². The molecule has 2 nitrogen and oxygen atoms in total. The third-order valence-electron chi connectivity index (χ3n) is 3.69. The second-order valence-corrected chi connectivity index (χ2v) is 6.35. The molecule has 2 N–H and O–H groups in total. The van der Waals surface area contributed by atoms with Crippen LogP contribution >= 0.6 is 11.8 Å². The summed E-state index contributed by atoms with van der Waals surface area (Å²) < 4.78 is 0. The summed E-state index contributed by atoms with van der Waals surface area (Å²) in [7, 11) is 0. The van der Waals surface area contributed by atoms with Crippen LogP contribution in [0.25, 0.3) is 0 Å². The molecular formula is C14H29NOS. The van der Waals surface area contributed by atoms with Crippen LogP contribution < -0.4 is 5.32 Å². The van der Waals surface area contributed by atoms with Crippen LogP contribution in [0.5, 0.6) is 0 Å². The monoisotopic (exact) mass is 259 g/mol. The highest BCUT2D eigenvalue weighted by Gasteiger charge is 2.28. The molecule has 1 fully saturated rings. The summed E-state index contributed by atoms with van der Waals surface area (Å²) in [6.07, 6.45) is 13.2. The van der Waals surface area contributed by atoms with Crippen LogP contribution in [-0.2, 0) is 0 Å². The average molecular weight is 259 g/mol. The summed E-state index contributed by atoms with van der Waals surface area (Å²) in [5.41, 5.74) is -0.392. The van der Waals surface area contributed by atoms with Gasteiger partial charge in [-0.1, -0.05) is 32.1 Å². The maximum absolute atomic E-state index is 10.3. The second kappa shape index (κ2) is 9.23. The lowest BCUT2D eigenvalue weighted by atomic mass is 9.85. The first kappa shape index (κ1) is 15.3. The minimum Gasteiger partial charge on any atom is -0.389 e. The first-order valence-electron chi connectivity index (χ1n) is 7.19. The Kier molecular flexibility index (Phi) is 8.33. The number of nitrogens with one attached hydrogen (secondary N) is 1. The van der Waals surface area contributed by atoms with Gasteiger partial charge in [-0.2, -0.15) is 11.8 Å². The van der Waals surface area contributed by atoms with Crippen molar-refractivity contribution in [2.75, 3.05) is 25.1 Å². The van der Waals surface area contributed by atoms with Crippen LogP contribution in [0.3, 0.4) is 0 Å². The van der Waals surface area contributed by atoms with Crippen molar-refractivity contribution in [1.29, 1.82) is 0 Å². The molecule has 0 amide bonds. The summed E-state index contributed by atoms with van der Waals surface area (Å²) in [5, 5.41) is 13.7. The number of hydrogen-bond acceptors (Lipinski definition) is 3. The molecule has 1 saturated carbocycles. The third-order valence-corrected chi connectivity index (χ3v) is 4.39. The molecule has 1 rings (SSSR count). The van der Waals surface area contributed by atoms with E-state index in [1.54, 1.807) is 0 Å². The molecule has 1 aliphatic carbocycles. The fourth-order valence-corrected chi connectivity index (χ4v) is 3.05. The van der Waals surface area contributed by atoms with Crippen molar-refractivity contribution in [2.45, 2.75) is 63.4 Å². The van der Waals surface area contributed by atoms with Crippen LogP contribution in [0.15, 0.2) is 0 Å². The van der Waals surface area contributed by atoms with Gasteiger partial charge in [0, 0.05) is 6.54 Å². The highest BCUT2D eigenvalue weighted by atomic mass is 32.2. The van der Waals surface area contributed by atoms with Crippen molar-refractivity contribution in [2.24, 2.45) is 0 Å². The van der Waals surface area contributed by atoms with Crippen molar-refractivity contribution >= 4 is 11.8 Å². The topological polar surface area (TPSA) is 32.3 Å². The van der Waals surface area contributed by atoms with E-state index in [-0.39, 0.29) is 0 Å². The molecule has 0 saturated heterocycles. The molecule has 0 heterocycles. The van der Waals surface area contributed by atoms with E-state index in [0.29, 0.717) is 0 Å². The van der Waals surface area contributed by atoms with Crippen LogP contribution in [0, 0.1) is 0 Å². The van der Waals surface area contributed by atoms with Gasteiger partial charge in [0.05, 0.1) is 5.60 Å². The first-order valence-corrected chi connectivity index (χ1v) is 8.58. The summed E-state index contributed by atoms with van der Waals surface area (Å²) in [4.78, 5) is 0. The molecule has 0 atom stereocenters. The van der Waals surface area contributed by atoms with E-state index in [4.69, 9.17) is 0 Å². The molecule has 0 unspecified atom stereocenters.